The molecular weight excluding hydrogens is 282 g/mol. The number of carbonyl (C=O) groups excluding carboxylic acids is 1. The van der Waals surface area contributed by atoms with Crippen LogP contribution in [0.4, 0.5) is 0 Å². The number of halogens is 1. The lowest BCUT2D eigenvalue weighted by molar-refractivity contribution is -0.151. The van der Waals surface area contributed by atoms with Gasteiger partial charge in [-0.3, -0.25) is 4.79 Å². The minimum absolute atomic E-state index is 0.215. The molecule has 0 amide bonds. The highest BCUT2D eigenvalue weighted by molar-refractivity contribution is 8.00. The van der Waals surface area contributed by atoms with Crippen LogP contribution in [0.5, 0.6) is 0 Å². The first-order chi connectivity index (χ1) is 8.81. The van der Waals surface area contributed by atoms with Gasteiger partial charge in [-0.05, 0) is 45.5 Å². The largest absolute Gasteiger partial charge is 0.459 e. The van der Waals surface area contributed by atoms with Crippen LogP contribution in [0.25, 0.3) is 0 Å². The molecular formula is C14H20ClNO2S. The van der Waals surface area contributed by atoms with Crippen molar-refractivity contribution in [1.82, 2.24) is 5.32 Å². The molecule has 0 saturated heterocycles. The molecule has 0 radical (unpaired) electrons. The molecule has 1 aromatic rings. The first kappa shape index (κ1) is 16.3. The average Bonchev–Trinajstić information content (AvgIpc) is 2.27. The lowest BCUT2D eigenvalue weighted by Crippen LogP contribution is -2.24. The van der Waals surface area contributed by atoms with E-state index in [0.29, 0.717) is 10.8 Å². The summed E-state index contributed by atoms with van der Waals surface area (Å²) in [5.41, 5.74) is 0.608. The summed E-state index contributed by atoms with van der Waals surface area (Å²) in [7, 11) is 1.88. The van der Waals surface area contributed by atoms with E-state index in [2.05, 4.69) is 5.32 Å². The van der Waals surface area contributed by atoms with Crippen molar-refractivity contribution < 1.29 is 9.53 Å². The Bertz CT molecular complexity index is 444. The second-order valence-corrected chi connectivity index (χ2v) is 6.61. The number of hydrogen-bond acceptors (Lipinski definition) is 4. The van der Waals surface area contributed by atoms with Gasteiger partial charge in [0.2, 0.25) is 0 Å². The number of nitrogens with one attached hydrogen (secondary N) is 1. The van der Waals surface area contributed by atoms with Crippen molar-refractivity contribution in [3.05, 3.63) is 28.8 Å². The molecule has 0 unspecified atom stereocenters. The van der Waals surface area contributed by atoms with Crippen molar-refractivity contribution in [2.75, 3.05) is 12.8 Å². The zero-order valence-electron chi connectivity index (χ0n) is 11.7. The van der Waals surface area contributed by atoms with E-state index >= 15 is 0 Å². The van der Waals surface area contributed by atoms with Crippen LogP contribution < -0.4 is 5.32 Å². The highest BCUT2D eigenvalue weighted by Gasteiger charge is 2.16. The number of hydrogen-bond donors (Lipinski definition) is 1. The summed E-state index contributed by atoms with van der Waals surface area (Å²) in [5.74, 6) is 0.0758. The Balaban J connectivity index is 2.54. The van der Waals surface area contributed by atoms with E-state index in [4.69, 9.17) is 16.3 Å². The fourth-order valence-electron chi connectivity index (χ4n) is 1.46. The van der Waals surface area contributed by atoms with Gasteiger partial charge in [-0.1, -0.05) is 17.7 Å². The van der Waals surface area contributed by atoms with E-state index in [-0.39, 0.29) is 5.97 Å². The molecule has 0 atom stereocenters. The topological polar surface area (TPSA) is 38.3 Å². The van der Waals surface area contributed by atoms with E-state index in [9.17, 15) is 4.79 Å². The van der Waals surface area contributed by atoms with Gasteiger partial charge in [-0.2, -0.15) is 0 Å². The molecule has 0 spiro atoms. The molecule has 0 aromatic heterocycles. The molecule has 19 heavy (non-hydrogen) atoms. The standard InChI is InChI=1S/C14H20ClNO2S/c1-14(2,3)18-13(17)9-19-11-6-5-10(8-16-4)12(15)7-11/h5-7,16H,8-9H2,1-4H3. The molecule has 106 valence electrons. The molecule has 1 N–H and O–H groups in total. The average molecular weight is 302 g/mol. The minimum atomic E-state index is -0.439. The van der Waals surface area contributed by atoms with Crippen LogP contribution in [0.15, 0.2) is 23.1 Å². The third kappa shape index (κ3) is 6.32. The molecule has 0 aliphatic rings. The summed E-state index contributed by atoms with van der Waals surface area (Å²) < 4.78 is 5.25. The Labute approximate surface area is 124 Å². The van der Waals surface area contributed by atoms with Gasteiger partial charge < -0.3 is 10.1 Å². The molecule has 5 heteroatoms. The number of ether oxygens (including phenoxy) is 1. The van der Waals surface area contributed by atoms with Crippen LogP contribution in [0.2, 0.25) is 5.02 Å². The summed E-state index contributed by atoms with van der Waals surface area (Å²) in [5, 5.41) is 3.77. The maximum Gasteiger partial charge on any atom is 0.316 e. The minimum Gasteiger partial charge on any atom is -0.459 e. The molecule has 1 rings (SSSR count). The van der Waals surface area contributed by atoms with E-state index < -0.39 is 5.60 Å². The highest BCUT2D eigenvalue weighted by Crippen LogP contribution is 2.25. The van der Waals surface area contributed by atoms with Gasteiger partial charge in [-0.15, -0.1) is 11.8 Å². The zero-order chi connectivity index (χ0) is 14.5. The SMILES string of the molecule is CNCc1ccc(SCC(=O)OC(C)(C)C)cc1Cl. The van der Waals surface area contributed by atoms with Crippen LogP contribution in [0, 0.1) is 0 Å². The van der Waals surface area contributed by atoms with E-state index in [1.165, 1.54) is 11.8 Å². The van der Waals surface area contributed by atoms with Crippen molar-refractivity contribution in [1.29, 1.82) is 0 Å². The molecule has 0 fully saturated rings. The zero-order valence-corrected chi connectivity index (χ0v) is 13.3. The number of benzene rings is 1. The van der Waals surface area contributed by atoms with Gasteiger partial charge >= 0.3 is 5.97 Å². The fraction of sp³-hybridized carbons (Fsp3) is 0.500. The van der Waals surface area contributed by atoms with Gasteiger partial charge in [0.1, 0.15) is 5.60 Å². The van der Waals surface area contributed by atoms with E-state index in [1.54, 1.807) is 0 Å². The Morgan fingerprint density at radius 3 is 2.63 bits per heavy atom. The highest BCUT2D eigenvalue weighted by atomic mass is 35.5. The molecule has 1 aromatic carbocycles. The molecule has 0 bridgehead atoms. The lowest BCUT2D eigenvalue weighted by Gasteiger charge is -2.19. The number of thioether (sulfide) groups is 1. The van der Waals surface area contributed by atoms with Gasteiger partial charge in [0.05, 0.1) is 5.75 Å². The Kier molecular flexibility index (Phi) is 6.17. The number of rotatable bonds is 5. The first-order valence-electron chi connectivity index (χ1n) is 6.09. The van der Waals surface area contributed by atoms with Crippen LogP contribution in [-0.4, -0.2) is 24.4 Å². The van der Waals surface area contributed by atoms with Crippen LogP contribution in [-0.2, 0) is 16.1 Å². The van der Waals surface area contributed by atoms with Crippen molar-refractivity contribution in [2.24, 2.45) is 0 Å². The quantitative estimate of drug-likeness (QED) is 0.667. The van der Waals surface area contributed by atoms with Gasteiger partial charge in [0, 0.05) is 16.5 Å². The second kappa shape index (κ2) is 7.17. The van der Waals surface area contributed by atoms with Crippen LogP contribution in [0.1, 0.15) is 26.3 Å². The fourth-order valence-corrected chi connectivity index (χ4v) is 2.49. The summed E-state index contributed by atoms with van der Waals surface area (Å²) in [4.78, 5) is 12.6. The van der Waals surface area contributed by atoms with Crippen molar-refractivity contribution in [3.63, 3.8) is 0 Å². The molecule has 3 nitrogen and oxygen atoms in total. The van der Waals surface area contributed by atoms with Crippen molar-refractivity contribution in [3.8, 4) is 0 Å². The van der Waals surface area contributed by atoms with E-state index in [1.807, 2.05) is 46.0 Å². The third-order valence-electron chi connectivity index (χ3n) is 2.17. The predicted octanol–water partition coefficient (Wildman–Crippen LogP) is 3.49. The summed E-state index contributed by atoms with van der Waals surface area (Å²) in [6.45, 7) is 6.31. The van der Waals surface area contributed by atoms with Crippen molar-refractivity contribution in [2.45, 2.75) is 37.8 Å². The van der Waals surface area contributed by atoms with Gasteiger partial charge in [0.15, 0.2) is 0 Å². The molecule has 0 aliphatic heterocycles. The normalized spacial score (nSPS) is 11.4. The molecule has 0 aliphatic carbocycles. The van der Waals surface area contributed by atoms with Crippen LogP contribution in [0.3, 0.4) is 0 Å². The summed E-state index contributed by atoms with van der Waals surface area (Å²) in [6, 6.07) is 5.81. The summed E-state index contributed by atoms with van der Waals surface area (Å²) in [6.07, 6.45) is 0. The maximum atomic E-state index is 11.6. The molecule has 0 saturated carbocycles. The van der Waals surface area contributed by atoms with Crippen molar-refractivity contribution >= 4 is 29.3 Å². The Morgan fingerprint density at radius 1 is 1.42 bits per heavy atom. The predicted molar refractivity (Wildman–Crippen MR) is 80.8 cm³/mol. The van der Waals surface area contributed by atoms with E-state index in [0.717, 1.165) is 17.0 Å². The molecule has 0 heterocycles. The van der Waals surface area contributed by atoms with Crippen LogP contribution >= 0.6 is 23.4 Å². The Hall–Kier alpha value is -0.710. The lowest BCUT2D eigenvalue weighted by atomic mass is 10.2. The first-order valence-corrected chi connectivity index (χ1v) is 7.46. The van der Waals surface area contributed by atoms with Gasteiger partial charge in [-0.25, -0.2) is 0 Å². The monoisotopic (exact) mass is 301 g/mol. The summed E-state index contributed by atoms with van der Waals surface area (Å²) >= 11 is 7.59. The maximum absolute atomic E-state index is 11.6. The second-order valence-electron chi connectivity index (χ2n) is 5.16. The Morgan fingerprint density at radius 2 is 2.11 bits per heavy atom. The third-order valence-corrected chi connectivity index (χ3v) is 3.49. The number of carbonyl (C=O) groups is 1. The smallest absolute Gasteiger partial charge is 0.316 e. The van der Waals surface area contributed by atoms with Gasteiger partial charge in [0.25, 0.3) is 0 Å². The number of esters is 1.